The number of fused-ring (bicyclic) bond motifs is 1. The molecule has 1 saturated carbocycles. The van der Waals surface area contributed by atoms with Crippen LogP contribution in [0.2, 0.25) is 0 Å². The molecule has 3 aromatic rings. The first kappa shape index (κ1) is 21.3. The van der Waals surface area contributed by atoms with Gasteiger partial charge in [0, 0.05) is 37.3 Å². The van der Waals surface area contributed by atoms with Crippen molar-refractivity contribution in [3.05, 3.63) is 69.3 Å². The van der Waals surface area contributed by atoms with Crippen molar-refractivity contribution in [1.29, 1.82) is 0 Å². The minimum Gasteiger partial charge on any atom is -0.477 e. The number of nitrogens with two attached hydrogens (primary N) is 2. The summed E-state index contributed by atoms with van der Waals surface area (Å²) in [5, 5.41) is 8.93. The summed E-state index contributed by atoms with van der Waals surface area (Å²) in [4.78, 5) is 25.8. The van der Waals surface area contributed by atoms with Crippen molar-refractivity contribution in [2.45, 2.75) is 30.8 Å². The number of nitrogens with zero attached hydrogens (tertiary/aromatic N) is 2. The fourth-order valence-corrected chi connectivity index (χ4v) is 4.70. The first-order valence-electron chi connectivity index (χ1n) is 10.5. The Morgan fingerprint density at radius 2 is 1.73 bits per heavy atom. The molecule has 1 saturated heterocycles. The Bertz CT molecular complexity index is 1350. The van der Waals surface area contributed by atoms with Crippen LogP contribution in [-0.2, 0) is 0 Å². The van der Waals surface area contributed by atoms with E-state index in [9.17, 15) is 19.1 Å². The van der Waals surface area contributed by atoms with Crippen molar-refractivity contribution in [3.63, 3.8) is 0 Å². The van der Waals surface area contributed by atoms with Gasteiger partial charge in [-0.3, -0.25) is 4.79 Å². The summed E-state index contributed by atoms with van der Waals surface area (Å²) >= 11 is 0. The summed E-state index contributed by atoms with van der Waals surface area (Å²) in [6, 6.07) is 5.09. The molecule has 5 rings (SSSR count). The van der Waals surface area contributed by atoms with Crippen LogP contribution in [0.15, 0.2) is 35.3 Å². The molecule has 0 unspecified atom stereocenters. The van der Waals surface area contributed by atoms with Gasteiger partial charge in [-0.25, -0.2) is 18.0 Å². The van der Waals surface area contributed by atoms with Crippen molar-refractivity contribution in [3.8, 4) is 0 Å². The van der Waals surface area contributed by atoms with E-state index in [0.29, 0.717) is 12.8 Å². The molecule has 5 N–H and O–H groups in total. The summed E-state index contributed by atoms with van der Waals surface area (Å²) in [7, 11) is 0. The maximum absolute atomic E-state index is 15.9. The van der Waals surface area contributed by atoms with Gasteiger partial charge in [-0.05, 0) is 30.5 Å². The van der Waals surface area contributed by atoms with Gasteiger partial charge < -0.3 is 26.0 Å². The van der Waals surface area contributed by atoms with Gasteiger partial charge in [-0.1, -0.05) is 12.1 Å². The summed E-state index contributed by atoms with van der Waals surface area (Å²) in [6.07, 6.45) is 2.44. The molecule has 1 aliphatic carbocycles. The minimum absolute atomic E-state index is 0.113. The lowest BCUT2D eigenvalue weighted by Gasteiger charge is -2.23. The molecule has 0 amide bonds. The molecule has 0 spiro atoms. The molecular weight excluding hydrogens is 437 g/mol. The lowest BCUT2D eigenvalue weighted by atomic mass is 9.95. The van der Waals surface area contributed by atoms with Crippen LogP contribution < -0.4 is 21.8 Å². The molecule has 0 radical (unpaired) electrons. The van der Waals surface area contributed by atoms with Crippen LogP contribution >= 0.6 is 0 Å². The number of hydrogen-bond acceptors (Lipinski definition) is 5. The van der Waals surface area contributed by atoms with Gasteiger partial charge in [0.15, 0.2) is 11.6 Å². The lowest BCUT2D eigenvalue weighted by Crippen LogP contribution is -2.30. The van der Waals surface area contributed by atoms with E-state index in [2.05, 4.69) is 0 Å². The van der Waals surface area contributed by atoms with Crippen LogP contribution in [0.1, 0.15) is 40.7 Å². The average Bonchev–Trinajstić information content (AvgIpc) is 3.54. The number of pyridine rings is 1. The Balaban J connectivity index is 1.68. The van der Waals surface area contributed by atoms with E-state index in [4.69, 9.17) is 11.5 Å². The molecule has 33 heavy (non-hydrogen) atoms. The molecule has 172 valence electrons. The maximum Gasteiger partial charge on any atom is 0.341 e. The Labute approximate surface area is 186 Å². The van der Waals surface area contributed by atoms with E-state index in [1.807, 2.05) is 0 Å². The monoisotopic (exact) mass is 458 g/mol. The average molecular weight is 458 g/mol. The number of carboxylic acid groups (broad SMARTS) is 1. The van der Waals surface area contributed by atoms with E-state index in [-0.39, 0.29) is 30.6 Å². The molecule has 2 fully saturated rings. The molecule has 2 aromatic carbocycles. The second-order valence-corrected chi connectivity index (χ2v) is 8.66. The maximum atomic E-state index is 15.9. The van der Waals surface area contributed by atoms with E-state index in [1.165, 1.54) is 21.6 Å². The standard InChI is InChI=1S/C23H21F3N4O3/c24-11-3-1-10(2-4-11)13-7-29(9-15(13)27)21-17(25)19(28)16-20(18(21)26)30(12-5-6-12)8-14(22(16)31)23(32)33/h1-4,8,12-13,15H,5-7,9,27-28H2,(H,32,33)/t13-,15+/m1/s1. The van der Waals surface area contributed by atoms with E-state index in [0.717, 1.165) is 11.8 Å². The minimum atomic E-state index is -1.49. The number of benzene rings is 2. The third-order valence-corrected chi connectivity index (χ3v) is 6.51. The predicted molar refractivity (Wildman–Crippen MR) is 117 cm³/mol. The number of hydrogen-bond donors (Lipinski definition) is 3. The van der Waals surface area contributed by atoms with Crippen molar-refractivity contribution in [2.75, 3.05) is 23.7 Å². The Morgan fingerprint density at radius 1 is 1.06 bits per heavy atom. The SMILES string of the molecule is Nc1c(F)c(N2C[C@H](c3ccc(F)cc3)[C@@H](N)C2)c(F)c2c1c(=O)c(C(=O)O)cn2C1CC1. The fraction of sp³-hybridized carbons (Fsp3) is 0.304. The first-order chi connectivity index (χ1) is 15.7. The van der Waals surface area contributed by atoms with Crippen molar-refractivity contribution in [2.24, 2.45) is 5.73 Å². The van der Waals surface area contributed by atoms with Gasteiger partial charge in [0.2, 0.25) is 5.43 Å². The zero-order chi connectivity index (χ0) is 23.6. The highest BCUT2D eigenvalue weighted by molar-refractivity contribution is 5.99. The van der Waals surface area contributed by atoms with Crippen LogP contribution in [0.5, 0.6) is 0 Å². The predicted octanol–water partition coefficient (Wildman–Crippen LogP) is 2.97. The third kappa shape index (κ3) is 3.32. The quantitative estimate of drug-likeness (QED) is 0.518. The number of aromatic nitrogens is 1. The van der Waals surface area contributed by atoms with Crippen molar-refractivity contribution < 1.29 is 23.1 Å². The van der Waals surface area contributed by atoms with Crippen LogP contribution in [0.4, 0.5) is 24.5 Å². The van der Waals surface area contributed by atoms with Gasteiger partial charge in [0.05, 0.1) is 16.6 Å². The summed E-state index contributed by atoms with van der Waals surface area (Å²) in [6.45, 7) is 0.272. The summed E-state index contributed by atoms with van der Waals surface area (Å²) < 4.78 is 46.0. The number of nitrogen functional groups attached to an aromatic ring is 1. The number of rotatable bonds is 4. The zero-order valence-corrected chi connectivity index (χ0v) is 17.4. The van der Waals surface area contributed by atoms with Gasteiger partial charge >= 0.3 is 5.97 Å². The number of carbonyl (C=O) groups is 1. The molecule has 2 heterocycles. The zero-order valence-electron chi connectivity index (χ0n) is 17.4. The third-order valence-electron chi connectivity index (χ3n) is 6.51. The Hall–Kier alpha value is -3.53. The van der Waals surface area contributed by atoms with E-state index in [1.54, 1.807) is 12.1 Å². The number of anilines is 2. The van der Waals surface area contributed by atoms with Crippen LogP contribution in [-0.4, -0.2) is 34.8 Å². The fourth-order valence-electron chi connectivity index (χ4n) is 4.70. The van der Waals surface area contributed by atoms with Gasteiger partial charge in [0.25, 0.3) is 0 Å². The second kappa shape index (κ2) is 7.51. The van der Waals surface area contributed by atoms with Crippen LogP contribution in [0.3, 0.4) is 0 Å². The van der Waals surface area contributed by atoms with Gasteiger partial charge in [0.1, 0.15) is 17.1 Å². The Morgan fingerprint density at radius 3 is 2.33 bits per heavy atom. The highest BCUT2D eigenvalue weighted by Gasteiger charge is 2.37. The molecule has 2 aliphatic rings. The van der Waals surface area contributed by atoms with Gasteiger partial charge in [-0.2, -0.15) is 0 Å². The topological polar surface area (TPSA) is 115 Å². The Kier molecular flexibility index (Phi) is 4.86. The number of carboxylic acids is 1. The molecular formula is C23H21F3N4O3. The number of halogens is 3. The summed E-state index contributed by atoms with van der Waals surface area (Å²) in [5.41, 5.74) is 10.1. The molecule has 2 atom stereocenters. The molecule has 0 bridgehead atoms. The molecule has 1 aromatic heterocycles. The van der Waals surface area contributed by atoms with Gasteiger partial charge in [-0.15, -0.1) is 0 Å². The van der Waals surface area contributed by atoms with Crippen LogP contribution in [0.25, 0.3) is 10.9 Å². The highest BCUT2D eigenvalue weighted by atomic mass is 19.1. The smallest absolute Gasteiger partial charge is 0.341 e. The molecule has 1 aliphatic heterocycles. The molecule has 10 heteroatoms. The first-order valence-corrected chi connectivity index (χ1v) is 10.5. The summed E-state index contributed by atoms with van der Waals surface area (Å²) in [5.74, 6) is -4.31. The highest BCUT2D eigenvalue weighted by Crippen LogP contribution is 2.43. The van der Waals surface area contributed by atoms with E-state index < -0.39 is 57.2 Å². The molecule has 7 nitrogen and oxygen atoms in total. The lowest BCUT2D eigenvalue weighted by molar-refractivity contribution is 0.0695. The van der Waals surface area contributed by atoms with E-state index >= 15 is 8.78 Å². The van der Waals surface area contributed by atoms with Crippen molar-refractivity contribution in [1.82, 2.24) is 4.57 Å². The van der Waals surface area contributed by atoms with Crippen molar-refractivity contribution >= 4 is 28.2 Å². The largest absolute Gasteiger partial charge is 0.477 e. The normalized spacial score (nSPS) is 20.5. The second-order valence-electron chi connectivity index (χ2n) is 8.66. The number of aromatic carboxylic acids is 1. The van der Waals surface area contributed by atoms with Crippen LogP contribution in [0, 0.1) is 17.5 Å².